The van der Waals surface area contributed by atoms with E-state index >= 15 is 0 Å². The fourth-order valence-corrected chi connectivity index (χ4v) is 7.43. The van der Waals surface area contributed by atoms with Crippen LogP contribution in [0, 0.1) is 5.41 Å². The number of fused-ring (bicyclic) bond motifs is 4. The number of rotatable bonds is 2. The van der Waals surface area contributed by atoms with Gasteiger partial charge < -0.3 is 0 Å². The van der Waals surface area contributed by atoms with Crippen molar-refractivity contribution in [2.75, 3.05) is 0 Å². The predicted octanol–water partition coefficient (Wildman–Crippen LogP) is 9.24. The van der Waals surface area contributed by atoms with Crippen LogP contribution in [0.2, 0.25) is 0 Å². The first kappa shape index (κ1) is 23.1. The molecule has 2 aromatic heterocycles. The van der Waals surface area contributed by atoms with Crippen LogP contribution in [-0.2, 0) is 0 Å². The monoisotopic (exact) mass is 586 g/mol. The van der Waals surface area contributed by atoms with Gasteiger partial charge in [0.05, 0.1) is 11.4 Å². The second kappa shape index (κ2) is 7.85. The van der Waals surface area contributed by atoms with Gasteiger partial charge in [0, 0.05) is 17.3 Å². The van der Waals surface area contributed by atoms with Gasteiger partial charge in [0.15, 0.2) is 0 Å². The third-order valence-corrected chi connectivity index (χ3v) is 9.10. The Balaban J connectivity index is 1.49. The lowest BCUT2D eigenvalue weighted by molar-refractivity contribution is 0.549. The first-order valence-electron chi connectivity index (χ1n) is 12.2. The molecule has 6 rings (SSSR count). The summed E-state index contributed by atoms with van der Waals surface area (Å²) >= 11 is 7.15. The Hall–Kier alpha value is -2.30. The van der Waals surface area contributed by atoms with E-state index in [4.69, 9.17) is 9.97 Å². The van der Waals surface area contributed by atoms with Gasteiger partial charge in [-0.3, -0.25) is 0 Å². The van der Waals surface area contributed by atoms with Crippen molar-refractivity contribution in [1.82, 2.24) is 9.97 Å². The number of hydrogen-bond donors (Lipinski definition) is 0. The molecule has 0 aromatic carbocycles. The summed E-state index contributed by atoms with van der Waals surface area (Å²) in [6, 6.07) is 8.52. The zero-order valence-electron chi connectivity index (χ0n) is 20.9. The third-order valence-electron chi connectivity index (χ3n) is 8.22. The third kappa shape index (κ3) is 3.33. The lowest BCUT2D eigenvalue weighted by atomic mass is 9.67. The van der Waals surface area contributed by atoms with E-state index in [9.17, 15) is 0 Å². The Morgan fingerprint density at radius 3 is 1.46 bits per heavy atom. The van der Waals surface area contributed by atoms with E-state index in [1.807, 2.05) is 0 Å². The van der Waals surface area contributed by atoms with Crippen molar-refractivity contribution in [2.24, 2.45) is 5.41 Å². The second-order valence-corrected chi connectivity index (χ2v) is 12.3. The summed E-state index contributed by atoms with van der Waals surface area (Å²) in [5.74, 6) is 0.645. The van der Waals surface area contributed by atoms with E-state index in [2.05, 4.69) is 122 Å². The molecule has 0 radical (unpaired) electrons. The van der Waals surface area contributed by atoms with Crippen LogP contribution >= 0.6 is 31.9 Å². The predicted molar refractivity (Wildman–Crippen MR) is 152 cm³/mol. The molecule has 4 aliphatic carbocycles. The first-order chi connectivity index (χ1) is 16.6. The van der Waals surface area contributed by atoms with Gasteiger partial charge in [-0.15, -0.1) is 0 Å². The van der Waals surface area contributed by atoms with Crippen LogP contribution in [0.15, 0.2) is 90.2 Å². The number of pyridine rings is 2. The quantitative estimate of drug-likeness (QED) is 0.327. The summed E-state index contributed by atoms with van der Waals surface area (Å²) in [4.78, 5) is 9.66. The molecule has 0 amide bonds. The van der Waals surface area contributed by atoms with Gasteiger partial charge in [-0.05, 0) is 126 Å². The van der Waals surface area contributed by atoms with Gasteiger partial charge in [0.1, 0.15) is 9.21 Å². The lowest BCUT2D eigenvalue weighted by Crippen LogP contribution is -2.24. The number of hydrogen-bond acceptors (Lipinski definition) is 2. The minimum atomic E-state index is -0.172. The number of allylic oxidation sites excluding steroid dienone is 10. The number of halogens is 2. The highest BCUT2D eigenvalue weighted by molar-refractivity contribution is 9.10. The highest BCUT2D eigenvalue weighted by atomic mass is 79.9. The molecule has 4 heteroatoms. The van der Waals surface area contributed by atoms with Crippen molar-refractivity contribution in [2.45, 2.75) is 53.4 Å². The molecule has 2 nitrogen and oxygen atoms in total. The zero-order chi connectivity index (χ0) is 24.8. The minimum Gasteiger partial charge on any atom is -0.241 e. The van der Waals surface area contributed by atoms with Crippen molar-refractivity contribution >= 4 is 44.0 Å². The molecule has 0 fully saturated rings. The molecule has 4 aliphatic rings. The molecule has 0 bridgehead atoms. The Morgan fingerprint density at radius 1 is 0.657 bits per heavy atom. The first-order valence-corrected chi connectivity index (χ1v) is 13.8. The topological polar surface area (TPSA) is 25.8 Å². The van der Waals surface area contributed by atoms with Gasteiger partial charge in [0.25, 0.3) is 0 Å². The largest absolute Gasteiger partial charge is 0.241 e. The van der Waals surface area contributed by atoms with Crippen LogP contribution in [0.4, 0.5) is 0 Å². The number of nitrogens with zero attached hydrogens (tertiary/aromatic N) is 2. The Bertz CT molecular complexity index is 1410. The van der Waals surface area contributed by atoms with Gasteiger partial charge in [-0.25, -0.2) is 9.97 Å². The van der Waals surface area contributed by atoms with Crippen LogP contribution in [-0.4, -0.2) is 9.97 Å². The molecular formula is C31H28Br2N2. The van der Waals surface area contributed by atoms with E-state index in [1.54, 1.807) is 0 Å². The molecule has 0 saturated heterocycles. The van der Waals surface area contributed by atoms with Crippen molar-refractivity contribution in [3.05, 3.63) is 113 Å². The molecule has 0 N–H and O–H groups in total. The average Bonchev–Trinajstić information content (AvgIpc) is 3.30. The Labute approximate surface area is 224 Å². The van der Waals surface area contributed by atoms with Gasteiger partial charge in [-0.1, -0.05) is 52.0 Å². The van der Waals surface area contributed by atoms with Crippen molar-refractivity contribution in [1.29, 1.82) is 0 Å². The zero-order valence-corrected chi connectivity index (χ0v) is 24.1. The molecule has 2 aromatic rings. The summed E-state index contributed by atoms with van der Waals surface area (Å²) in [5.41, 5.74) is 15.6. The fourth-order valence-electron chi connectivity index (χ4n) is 6.79. The lowest BCUT2D eigenvalue weighted by Gasteiger charge is -2.36. The van der Waals surface area contributed by atoms with Crippen LogP contribution in [0.25, 0.3) is 12.2 Å². The number of aromatic nitrogens is 2. The average molecular weight is 588 g/mol. The molecule has 0 aliphatic heterocycles. The van der Waals surface area contributed by atoms with E-state index in [0.29, 0.717) is 11.8 Å². The highest BCUT2D eigenvalue weighted by Crippen LogP contribution is 2.58. The van der Waals surface area contributed by atoms with Crippen LogP contribution in [0.1, 0.15) is 75.9 Å². The summed E-state index contributed by atoms with van der Waals surface area (Å²) in [7, 11) is 0. The smallest absolute Gasteiger partial charge is 0.106 e. The summed E-state index contributed by atoms with van der Waals surface area (Å²) in [6.45, 7) is 13.9. The van der Waals surface area contributed by atoms with Gasteiger partial charge in [-0.2, -0.15) is 0 Å². The maximum Gasteiger partial charge on any atom is 0.106 e. The fraction of sp³-hybridized carbons (Fsp3) is 0.290. The molecular weight excluding hydrogens is 560 g/mol. The minimum absolute atomic E-state index is 0.172. The van der Waals surface area contributed by atoms with E-state index in [-0.39, 0.29) is 5.41 Å². The van der Waals surface area contributed by atoms with Gasteiger partial charge >= 0.3 is 0 Å². The molecule has 176 valence electrons. The van der Waals surface area contributed by atoms with Gasteiger partial charge in [0.2, 0.25) is 0 Å². The SMILES string of the molecule is CC1=C(C(C)(C)C2=C(C)C=C3C2=Cc2nc(Br)ccc2C3C)C2=Cc3nc(Br)ccc3C(C)C2=C1. The summed E-state index contributed by atoms with van der Waals surface area (Å²) in [5, 5.41) is 0. The normalized spacial score (nSPS) is 22.7. The molecule has 0 spiro atoms. The standard InChI is InChI=1S/C31H28Br2N2/c1-15-11-21-17(3)19-7-9-27(32)34-25(19)13-23(21)29(15)31(5,6)30-16(2)12-22-18(4)20-8-10-28(33)35-26(20)14-24(22)30/h7-14,17-18H,1-6H3. The Morgan fingerprint density at radius 2 is 1.06 bits per heavy atom. The van der Waals surface area contributed by atoms with E-state index in [1.165, 1.54) is 55.7 Å². The highest BCUT2D eigenvalue weighted by Gasteiger charge is 2.43. The molecule has 2 atom stereocenters. The molecule has 0 saturated carbocycles. The van der Waals surface area contributed by atoms with E-state index < -0.39 is 0 Å². The van der Waals surface area contributed by atoms with Crippen LogP contribution in [0.5, 0.6) is 0 Å². The second-order valence-electron chi connectivity index (χ2n) is 10.7. The summed E-state index contributed by atoms with van der Waals surface area (Å²) < 4.78 is 1.77. The maximum absolute atomic E-state index is 4.83. The summed E-state index contributed by atoms with van der Waals surface area (Å²) in [6.07, 6.45) is 9.43. The maximum atomic E-state index is 4.83. The van der Waals surface area contributed by atoms with Crippen molar-refractivity contribution in [3.63, 3.8) is 0 Å². The molecule has 35 heavy (non-hydrogen) atoms. The van der Waals surface area contributed by atoms with Crippen molar-refractivity contribution < 1.29 is 0 Å². The Kier molecular flexibility index (Phi) is 5.18. The van der Waals surface area contributed by atoms with Crippen LogP contribution < -0.4 is 0 Å². The van der Waals surface area contributed by atoms with Crippen LogP contribution in [0.3, 0.4) is 0 Å². The molecule has 2 heterocycles. The van der Waals surface area contributed by atoms with Crippen molar-refractivity contribution in [3.8, 4) is 0 Å². The van der Waals surface area contributed by atoms with E-state index in [0.717, 1.165) is 20.6 Å². The molecule has 2 unspecified atom stereocenters.